The Morgan fingerprint density at radius 1 is 1.03 bits per heavy atom. The van der Waals surface area contributed by atoms with Gasteiger partial charge >= 0.3 is 0 Å². The Morgan fingerprint density at radius 3 is 2.48 bits per heavy atom. The van der Waals surface area contributed by atoms with Gasteiger partial charge in [-0.2, -0.15) is 0 Å². The van der Waals surface area contributed by atoms with Crippen LogP contribution in [0.4, 0.5) is 0 Å². The summed E-state index contributed by atoms with van der Waals surface area (Å²) in [6.07, 6.45) is 6.41. The van der Waals surface area contributed by atoms with E-state index in [2.05, 4.69) is 53.2 Å². The lowest BCUT2D eigenvalue weighted by Crippen LogP contribution is -2.50. The van der Waals surface area contributed by atoms with E-state index in [4.69, 9.17) is 0 Å². The summed E-state index contributed by atoms with van der Waals surface area (Å²) in [7, 11) is 1.98. The van der Waals surface area contributed by atoms with Gasteiger partial charge in [-0.1, -0.05) is 55.8 Å². The Morgan fingerprint density at radius 2 is 1.77 bits per heavy atom. The van der Waals surface area contributed by atoms with E-state index in [1.54, 1.807) is 0 Å². The van der Waals surface area contributed by atoms with E-state index >= 15 is 0 Å². The minimum atomic E-state index is -0.541. The minimum absolute atomic E-state index is 0.00986. The third-order valence-electron chi connectivity index (χ3n) is 6.43. The molecular weight excluding hydrogens is 386 g/mol. The number of fused-ring (bicyclic) bond motifs is 1. The fraction of sp³-hybridized carbons (Fsp3) is 0.538. The van der Waals surface area contributed by atoms with Crippen molar-refractivity contribution < 1.29 is 9.59 Å². The molecule has 1 saturated carbocycles. The first kappa shape index (κ1) is 23.3. The van der Waals surface area contributed by atoms with Crippen molar-refractivity contribution >= 4 is 22.6 Å². The van der Waals surface area contributed by atoms with Crippen molar-refractivity contribution in [3.05, 3.63) is 48.0 Å². The molecule has 0 spiro atoms. The topological polar surface area (TPSA) is 70.2 Å². The zero-order chi connectivity index (χ0) is 22.1. The smallest absolute Gasteiger partial charge is 0.242 e. The fourth-order valence-corrected chi connectivity index (χ4v) is 4.53. The van der Waals surface area contributed by atoms with Gasteiger partial charge in [0, 0.05) is 18.9 Å². The van der Waals surface area contributed by atoms with Crippen LogP contribution in [0.5, 0.6) is 0 Å². The molecule has 168 valence electrons. The maximum absolute atomic E-state index is 13.0. The molecule has 0 unspecified atom stereocenters. The van der Waals surface area contributed by atoms with Crippen LogP contribution in [0, 0.1) is 11.8 Å². The Labute approximate surface area is 186 Å². The Kier molecular flexibility index (Phi) is 8.89. The summed E-state index contributed by atoms with van der Waals surface area (Å²) in [6, 6.07) is 13.9. The van der Waals surface area contributed by atoms with Crippen LogP contribution in [0.2, 0.25) is 0 Å². The molecule has 5 heteroatoms. The van der Waals surface area contributed by atoms with Gasteiger partial charge < -0.3 is 16.0 Å². The number of nitrogens with one attached hydrogen (secondary N) is 3. The number of rotatable bonds is 10. The summed E-state index contributed by atoms with van der Waals surface area (Å²) in [5, 5.41) is 11.7. The van der Waals surface area contributed by atoms with E-state index in [0.29, 0.717) is 18.9 Å². The number of amides is 2. The zero-order valence-corrected chi connectivity index (χ0v) is 19.0. The van der Waals surface area contributed by atoms with Crippen molar-refractivity contribution in [2.24, 2.45) is 11.8 Å². The first-order valence-electron chi connectivity index (χ1n) is 11.8. The number of carbonyl (C=O) groups is 2. The van der Waals surface area contributed by atoms with Crippen LogP contribution in [0.1, 0.15) is 51.0 Å². The van der Waals surface area contributed by atoms with Crippen molar-refractivity contribution in [2.45, 2.75) is 57.9 Å². The van der Waals surface area contributed by atoms with Gasteiger partial charge in [-0.25, -0.2) is 0 Å². The van der Waals surface area contributed by atoms with Crippen LogP contribution in [0.3, 0.4) is 0 Å². The number of unbranched alkanes of at least 4 members (excludes halogenated alkanes) is 1. The third kappa shape index (κ3) is 6.79. The number of benzene rings is 2. The van der Waals surface area contributed by atoms with Gasteiger partial charge in [0.05, 0.1) is 0 Å². The van der Waals surface area contributed by atoms with Crippen molar-refractivity contribution in [1.29, 1.82) is 0 Å². The van der Waals surface area contributed by atoms with Crippen LogP contribution in [-0.2, 0) is 16.0 Å². The van der Waals surface area contributed by atoms with Crippen LogP contribution in [0.25, 0.3) is 10.8 Å². The summed E-state index contributed by atoms with van der Waals surface area (Å²) >= 11 is 0. The monoisotopic (exact) mass is 423 g/mol. The predicted molar refractivity (Wildman–Crippen MR) is 127 cm³/mol. The van der Waals surface area contributed by atoms with Crippen molar-refractivity contribution in [2.75, 3.05) is 20.1 Å². The quantitative estimate of drug-likeness (QED) is 0.509. The summed E-state index contributed by atoms with van der Waals surface area (Å²) < 4.78 is 0. The molecule has 5 nitrogen and oxygen atoms in total. The zero-order valence-electron chi connectivity index (χ0n) is 19.0. The number of hydrogen-bond donors (Lipinski definition) is 3. The average molecular weight is 424 g/mol. The van der Waals surface area contributed by atoms with Crippen molar-refractivity contribution in [3.8, 4) is 0 Å². The molecule has 0 aliphatic heterocycles. The standard InChI is InChI=1S/C26H37N3O2/c1-3-4-15-28-26(31)24(17-20-11-12-21-7-5-6-8-23(21)16-20)29-25(30)22-13-9-19(10-14-22)18-27-2/h5-8,11-12,16,19,22,24,27H,3-4,9-10,13-15,17-18H2,1-2H3,(H,28,31)(H,29,30)/t19?,22?,24-/m0/s1. The molecule has 1 fully saturated rings. The van der Waals surface area contributed by atoms with Crippen LogP contribution in [0.15, 0.2) is 42.5 Å². The second-order valence-electron chi connectivity index (χ2n) is 8.87. The maximum atomic E-state index is 13.0. The summed E-state index contributed by atoms with van der Waals surface area (Å²) in [5.41, 5.74) is 1.06. The molecule has 3 N–H and O–H groups in total. The molecule has 31 heavy (non-hydrogen) atoms. The van der Waals surface area contributed by atoms with E-state index in [0.717, 1.165) is 56.0 Å². The van der Waals surface area contributed by atoms with Crippen molar-refractivity contribution in [1.82, 2.24) is 16.0 Å². The van der Waals surface area contributed by atoms with Gasteiger partial charge in [-0.15, -0.1) is 0 Å². The van der Waals surface area contributed by atoms with Gasteiger partial charge in [0.15, 0.2) is 0 Å². The van der Waals surface area contributed by atoms with E-state index in [1.807, 2.05) is 19.2 Å². The fourth-order valence-electron chi connectivity index (χ4n) is 4.53. The van der Waals surface area contributed by atoms with E-state index < -0.39 is 6.04 Å². The largest absolute Gasteiger partial charge is 0.354 e. The molecule has 2 aromatic carbocycles. The predicted octanol–water partition coefficient (Wildman–Crippen LogP) is 3.81. The van der Waals surface area contributed by atoms with Crippen LogP contribution < -0.4 is 16.0 Å². The molecule has 0 radical (unpaired) electrons. The summed E-state index contributed by atoms with van der Waals surface area (Å²) in [5.74, 6) is 0.605. The molecule has 0 saturated heterocycles. The molecule has 0 aromatic heterocycles. The molecule has 0 bridgehead atoms. The molecule has 1 atom stereocenters. The minimum Gasteiger partial charge on any atom is -0.354 e. The molecule has 1 aliphatic rings. The highest BCUT2D eigenvalue weighted by atomic mass is 16.2. The third-order valence-corrected chi connectivity index (χ3v) is 6.43. The molecular formula is C26H37N3O2. The molecule has 2 amide bonds. The number of carbonyl (C=O) groups excluding carboxylic acids is 2. The summed E-state index contributed by atoms with van der Waals surface area (Å²) in [4.78, 5) is 25.9. The molecule has 2 aromatic rings. The van der Waals surface area contributed by atoms with E-state index in [1.165, 1.54) is 5.39 Å². The maximum Gasteiger partial charge on any atom is 0.242 e. The van der Waals surface area contributed by atoms with Gasteiger partial charge in [0.2, 0.25) is 11.8 Å². The second-order valence-corrected chi connectivity index (χ2v) is 8.87. The van der Waals surface area contributed by atoms with Crippen LogP contribution in [-0.4, -0.2) is 38.0 Å². The Hall–Kier alpha value is -2.40. The van der Waals surface area contributed by atoms with Crippen LogP contribution >= 0.6 is 0 Å². The Bertz CT molecular complexity index is 859. The molecule has 0 heterocycles. The highest BCUT2D eigenvalue weighted by molar-refractivity contribution is 5.89. The highest BCUT2D eigenvalue weighted by Crippen LogP contribution is 2.28. The van der Waals surface area contributed by atoms with Gasteiger partial charge in [-0.05, 0) is 68.0 Å². The normalized spacial score (nSPS) is 19.7. The average Bonchev–Trinajstić information content (AvgIpc) is 2.79. The number of hydrogen-bond acceptors (Lipinski definition) is 3. The van der Waals surface area contributed by atoms with Gasteiger partial charge in [-0.3, -0.25) is 9.59 Å². The van der Waals surface area contributed by atoms with Gasteiger partial charge in [0.25, 0.3) is 0 Å². The molecule has 1 aliphatic carbocycles. The molecule has 3 rings (SSSR count). The van der Waals surface area contributed by atoms with E-state index in [-0.39, 0.29) is 17.7 Å². The van der Waals surface area contributed by atoms with Crippen molar-refractivity contribution in [3.63, 3.8) is 0 Å². The second kappa shape index (κ2) is 11.8. The lowest BCUT2D eigenvalue weighted by molar-refractivity contribution is -0.131. The van der Waals surface area contributed by atoms with E-state index in [9.17, 15) is 9.59 Å². The summed E-state index contributed by atoms with van der Waals surface area (Å²) in [6.45, 7) is 3.76. The first-order chi connectivity index (χ1) is 15.1. The Balaban J connectivity index is 1.66. The lowest BCUT2D eigenvalue weighted by Gasteiger charge is -2.29. The first-order valence-corrected chi connectivity index (χ1v) is 11.8. The lowest BCUT2D eigenvalue weighted by atomic mass is 9.81. The highest BCUT2D eigenvalue weighted by Gasteiger charge is 2.29. The SMILES string of the molecule is CCCCNC(=O)[C@H](Cc1ccc2ccccc2c1)NC(=O)C1CCC(CNC)CC1. The van der Waals surface area contributed by atoms with Gasteiger partial charge in [0.1, 0.15) is 6.04 Å².